The van der Waals surface area contributed by atoms with E-state index in [1.807, 2.05) is 20.8 Å². The van der Waals surface area contributed by atoms with Crippen molar-refractivity contribution in [1.82, 2.24) is 15.6 Å². The second-order valence-corrected chi connectivity index (χ2v) is 7.00. The molecule has 0 fully saturated rings. The van der Waals surface area contributed by atoms with Crippen LogP contribution in [0.2, 0.25) is 0 Å². The van der Waals surface area contributed by atoms with E-state index >= 15 is 0 Å². The smallest absolute Gasteiger partial charge is 0.387 e. The highest BCUT2D eigenvalue weighted by Gasteiger charge is 2.19. The van der Waals surface area contributed by atoms with Gasteiger partial charge in [0.2, 0.25) is 5.89 Å². The number of nitrogens with zero attached hydrogens (tertiary/aromatic N) is 2. The van der Waals surface area contributed by atoms with Crippen LogP contribution in [0.1, 0.15) is 38.0 Å². The molecule has 2 N–H and O–H groups in total. The SMILES string of the molecule is CN=C(NCc1ncc(C(C)(C)C)o1)NCc1cc(OC)ccc1OC(F)F. The molecule has 0 saturated heterocycles. The van der Waals surface area contributed by atoms with E-state index in [9.17, 15) is 8.78 Å². The maximum Gasteiger partial charge on any atom is 0.387 e. The van der Waals surface area contributed by atoms with Crippen molar-refractivity contribution in [2.45, 2.75) is 45.9 Å². The Morgan fingerprint density at radius 2 is 1.96 bits per heavy atom. The first-order valence-electron chi connectivity index (χ1n) is 8.74. The Labute approximate surface area is 163 Å². The number of oxazole rings is 1. The highest BCUT2D eigenvalue weighted by molar-refractivity contribution is 5.79. The first-order chi connectivity index (χ1) is 13.2. The summed E-state index contributed by atoms with van der Waals surface area (Å²) in [6, 6.07) is 4.63. The third-order valence-electron chi connectivity index (χ3n) is 3.85. The molecule has 1 aromatic heterocycles. The first-order valence-corrected chi connectivity index (χ1v) is 8.74. The number of hydrogen-bond acceptors (Lipinski definition) is 5. The van der Waals surface area contributed by atoms with Gasteiger partial charge < -0.3 is 24.5 Å². The van der Waals surface area contributed by atoms with Gasteiger partial charge in [-0.25, -0.2) is 4.98 Å². The summed E-state index contributed by atoms with van der Waals surface area (Å²) >= 11 is 0. The molecule has 1 heterocycles. The molecule has 0 radical (unpaired) electrons. The molecular weight excluding hydrogens is 370 g/mol. The molecule has 0 aliphatic rings. The third-order valence-corrected chi connectivity index (χ3v) is 3.85. The Bertz CT molecular complexity index is 801. The minimum Gasteiger partial charge on any atom is -0.497 e. The number of ether oxygens (including phenoxy) is 2. The molecule has 0 amide bonds. The van der Waals surface area contributed by atoms with Crippen LogP contribution in [0.4, 0.5) is 8.78 Å². The standard InChI is InChI=1S/C19H26F2N4O3/c1-19(2,3)15-10-23-16(28-15)11-25-18(22-4)24-9-12-8-13(26-5)6-7-14(12)27-17(20)21/h6-8,10,17H,9,11H2,1-5H3,(H2,22,24,25). The van der Waals surface area contributed by atoms with Gasteiger partial charge in [-0.15, -0.1) is 0 Å². The van der Waals surface area contributed by atoms with Crippen molar-refractivity contribution in [2.24, 2.45) is 4.99 Å². The van der Waals surface area contributed by atoms with Gasteiger partial charge in [-0.2, -0.15) is 8.78 Å². The van der Waals surface area contributed by atoms with E-state index in [0.29, 0.717) is 29.7 Å². The lowest BCUT2D eigenvalue weighted by Gasteiger charge is -2.15. The van der Waals surface area contributed by atoms with Crippen molar-refractivity contribution in [2.75, 3.05) is 14.2 Å². The fourth-order valence-electron chi connectivity index (χ4n) is 2.33. The van der Waals surface area contributed by atoms with E-state index in [-0.39, 0.29) is 17.7 Å². The van der Waals surface area contributed by atoms with Gasteiger partial charge >= 0.3 is 6.61 Å². The molecule has 0 bridgehead atoms. The average molecular weight is 396 g/mol. The van der Waals surface area contributed by atoms with Gasteiger partial charge in [-0.3, -0.25) is 4.99 Å². The second kappa shape index (κ2) is 9.38. The van der Waals surface area contributed by atoms with Gasteiger partial charge in [0.25, 0.3) is 0 Å². The Morgan fingerprint density at radius 3 is 2.54 bits per heavy atom. The van der Waals surface area contributed by atoms with Gasteiger partial charge in [0, 0.05) is 24.6 Å². The number of halogens is 2. The minimum atomic E-state index is -2.91. The fraction of sp³-hybridized carbons (Fsp3) is 0.474. The number of alkyl halides is 2. The first kappa shape index (κ1) is 21.5. The molecule has 0 aliphatic carbocycles. The lowest BCUT2D eigenvalue weighted by molar-refractivity contribution is -0.0505. The van der Waals surface area contributed by atoms with Crippen LogP contribution in [0.5, 0.6) is 11.5 Å². The van der Waals surface area contributed by atoms with Crippen LogP contribution in [0.25, 0.3) is 0 Å². The minimum absolute atomic E-state index is 0.0706. The highest BCUT2D eigenvalue weighted by atomic mass is 19.3. The number of nitrogens with one attached hydrogen (secondary N) is 2. The Balaban J connectivity index is 1.99. The van der Waals surface area contributed by atoms with E-state index in [1.165, 1.54) is 13.2 Å². The summed E-state index contributed by atoms with van der Waals surface area (Å²) in [5.41, 5.74) is 0.382. The quantitative estimate of drug-likeness (QED) is 0.551. The molecule has 2 aromatic rings. The number of methoxy groups -OCH3 is 1. The van der Waals surface area contributed by atoms with E-state index in [1.54, 1.807) is 25.4 Å². The molecule has 0 spiro atoms. The monoisotopic (exact) mass is 396 g/mol. The van der Waals surface area contributed by atoms with Gasteiger partial charge in [0.05, 0.1) is 19.9 Å². The number of rotatable bonds is 7. The van der Waals surface area contributed by atoms with E-state index in [0.717, 1.165) is 5.76 Å². The zero-order valence-corrected chi connectivity index (χ0v) is 16.7. The predicted octanol–water partition coefficient (Wildman–Crippen LogP) is 3.45. The normalized spacial score (nSPS) is 12.2. The number of guanidine groups is 1. The van der Waals surface area contributed by atoms with Crippen molar-refractivity contribution in [3.8, 4) is 11.5 Å². The maximum atomic E-state index is 12.6. The molecule has 2 rings (SSSR count). The molecule has 0 aliphatic heterocycles. The van der Waals surface area contributed by atoms with Crippen LogP contribution in [0, 0.1) is 0 Å². The number of benzene rings is 1. The van der Waals surface area contributed by atoms with Gasteiger partial charge in [-0.1, -0.05) is 20.8 Å². The largest absolute Gasteiger partial charge is 0.497 e. The molecular formula is C19H26F2N4O3. The molecule has 9 heteroatoms. The van der Waals surface area contributed by atoms with E-state index in [4.69, 9.17) is 9.15 Å². The van der Waals surface area contributed by atoms with Gasteiger partial charge in [0.15, 0.2) is 5.96 Å². The summed E-state index contributed by atoms with van der Waals surface area (Å²) in [4.78, 5) is 8.36. The van der Waals surface area contributed by atoms with Crippen LogP contribution in [-0.4, -0.2) is 31.7 Å². The van der Waals surface area contributed by atoms with Crippen LogP contribution in [0.3, 0.4) is 0 Å². The van der Waals surface area contributed by atoms with Crippen molar-refractivity contribution in [3.63, 3.8) is 0 Å². The maximum absolute atomic E-state index is 12.6. The third kappa shape index (κ3) is 6.11. The summed E-state index contributed by atoms with van der Waals surface area (Å²) in [5.74, 6) is 2.38. The molecule has 154 valence electrons. The van der Waals surface area contributed by atoms with Crippen molar-refractivity contribution in [1.29, 1.82) is 0 Å². The summed E-state index contributed by atoms with van der Waals surface area (Å²) in [5, 5.41) is 6.12. The van der Waals surface area contributed by atoms with E-state index < -0.39 is 6.61 Å². The lowest BCUT2D eigenvalue weighted by Crippen LogP contribution is -2.36. The van der Waals surface area contributed by atoms with Crippen molar-refractivity contribution in [3.05, 3.63) is 41.6 Å². The van der Waals surface area contributed by atoms with Crippen molar-refractivity contribution < 1.29 is 22.7 Å². The lowest BCUT2D eigenvalue weighted by atomic mass is 9.94. The zero-order chi connectivity index (χ0) is 20.7. The summed E-state index contributed by atoms with van der Waals surface area (Å²) in [7, 11) is 3.11. The predicted molar refractivity (Wildman–Crippen MR) is 102 cm³/mol. The van der Waals surface area contributed by atoms with Crippen LogP contribution >= 0.6 is 0 Å². The highest BCUT2D eigenvalue weighted by Crippen LogP contribution is 2.25. The zero-order valence-electron chi connectivity index (χ0n) is 16.7. The summed E-state index contributed by atoms with van der Waals surface area (Å²) in [6.45, 7) is 3.74. The molecule has 1 aromatic carbocycles. The van der Waals surface area contributed by atoms with Crippen LogP contribution < -0.4 is 20.1 Å². The Kier molecular flexibility index (Phi) is 7.19. The van der Waals surface area contributed by atoms with Crippen LogP contribution in [0.15, 0.2) is 33.8 Å². The molecule has 7 nitrogen and oxygen atoms in total. The Morgan fingerprint density at radius 1 is 1.25 bits per heavy atom. The van der Waals surface area contributed by atoms with Gasteiger partial charge in [0.1, 0.15) is 17.3 Å². The average Bonchev–Trinajstić information content (AvgIpc) is 3.12. The number of aromatic nitrogens is 1. The summed E-state index contributed by atoms with van der Waals surface area (Å²) < 4.78 is 40.7. The topological polar surface area (TPSA) is 80.9 Å². The Hall–Kier alpha value is -2.84. The van der Waals surface area contributed by atoms with Crippen LogP contribution in [-0.2, 0) is 18.5 Å². The molecule has 0 unspecified atom stereocenters. The van der Waals surface area contributed by atoms with Crippen molar-refractivity contribution >= 4 is 5.96 Å². The molecule has 28 heavy (non-hydrogen) atoms. The number of aliphatic imine (C=N–C) groups is 1. The molecule has 0 saturated carbocycles. The second-order valence-electron chi connectivity index (χ2n) is 7.00. The van der Waals surface area contributed by atoms with Gasteiger partial charge in [-0.05, 0) is 18.2 Å². The summed E-state index contributed by atoms with van der Waals surface area (Å²) in [6.07, 6.45) is 1.71. The van der Waals surface area contributed by atoms with E-state index in [2.05, 4.69) is 25.3 Å². The molecule has 0 atom stereocenters. The fourth-order valence-corrected chi connectivity index (χ4v) is 2.33. The number of hydrogen-bond donors (Lipinski definition) is 2.